The minimum atomic E-state index is -0.287. The van der Waals surface area contributed by atoms with E-state index in [0.717, 1.165) is 23.4 Å². The van der Waals surface area contributed by atoms with Crippen molar-refractivity contribution in [2.75, 3.05) is 6.54 Å². The average molecular weight is 345 g/mol. The van der Waals surface area contributed by atoms with Crippen LogP contribution in [-0.2, 0) is 6.42 Å². The van der Waals surface area contributed by atoms with Gasteiger partial charge in [0.25, 0.3) is 5.91 Å². The molecule has 5 heterocycles. The van der Waals surface area contributed by atoms with Crippen LogP contribution in [0.5, 0.6) is 0 Å². The van der Waals surface area contributed by atoms with Gasteiger partial charge in [-0.15, -0.1) is 0 Å². The van der Waals surface area contributed by atoms with Crippen molar-refractivity contribution in [2.45, 2.75) is 12.5 Å². The first-order valence-electron chi connectivity index (χ1n) is 8.35. The summed E-state index contributed by atoms with van der Waals surface area (Å²) < 4.78 is 1.57. The Labute approximate surface area is 148 Å². The summed E-state index contributed by atoms with van der Waals surface area (Å²) in [4.78, 5) is 31.3. The van der Waals surface area contributed by atoms with Crippen molar-refractivity contribution in [1.29, 1.82) is 0 Å². The van der Waals surface area contributed by atoms with Crippen LogP contribution in [0.25, 0.3) is 5.65 Å². The number of pyridine rings is 2. The molecule has 0 aromatic carbocycles. The third-order valence-corrected chi connectivity index (χ3v) is 4.71. The lowest BCUT2D eigenvalue weighted by Crippen LogP contribution is -2.41. The molecule has 0 saturated heterocycles. The smallest absolute Gasteiger partial charge is 0.273 e. The summed E-state index contributed by atoms with van der Waals surface area (Å²) in [6.45, 7) is 0.582. The Kier molecular flexibility index (Phi) is 3.27. The second-order valence-electron chi connectivity index (χ2n) is 6.14. The Morgan fingerprint density at radius 3 is 3.04 bits per heavy atom. The monoisotopic (exact) mass is 345 g/mol. The predicted octanol–water partition coefficient (Wildman–Crippen LogP) is 1.64. The van der Waals surface area contributed by atoms with Crippen LogP contribution < -0.4 is 0 Å². The number of carbonyl (C=O) groups is 1. The summed E-state index contributed by atoms with van der Waals surface area (Å²) in [6.07, 6.45) is 7.36. The van der Waals surface area contributed by atoms with Crippen LogP contribution in [0.1, 0.15) is 33.5 Å². The zero-order valence-electron chi connectivity index (χ0n) is 13.8. The molecular weight excluding hydrogens is 330 g/mol. The van der Waals surface area contributed by atoms with Gasteiger partial charge in [0.15, 0.2) is 5.65 Å². The molecule has 4 aromatic heterocycles. The Morgan fingerprint density at radius 2 is 2.15 bits per heavy atom. The van der Waals surface area contributed by atoms with Crippen LogP contribution in [0, 0.1) is 0 Å². The van der Waals surface area contributed by atoms with Gasteiger partial charge in [-0.2, -0.15) is 5.10 Å². The van der Waals surface area contributed by atoms with Gasteiger partial charge < -0.3 is 9.88 Å². The highest BCUT2D eigenvalue weighted by molar-refractivity contribution is 5.93. The SMILES string of the molecule is O=C(c1cccc2ncnn12)N1CCc2[nH]cnc2C1c1cccnc1. The molecule has 0 saturated carbocycles. The van der Waals surface area contributed by atoms with Gasteiger partial charge in [-0.25, -0.2) is 14.5 Å². The van der Waals surface area contributed by atoms with Crippen molar-refractivity contribution in [3.8, 4) is 0 Å². The maximum absolute atomic E-state index is 13.4. The minimum absolute atomic E-state index is 0.108. The molecule has 0 bridgehead atoms. The number of aromatic nitrogens is 6. The summed E-state index contributed by atoms with van der Waals surface area (Å²) in [5, 5.41) is 4.19. The fourth-order valence-corrected chi connectivity index (χ4v) is 3.53. The van der Waals surface area contributed by atoms with Gasteiger partial charge in [0.05, 0.1) is 12.0 Å². The first-order valence-corrected chi connectivity index (χ1v) is 8.35. The zero-order valence-corrected chi connectivity index (χ0v) is 13.8. The van der Waals surface area contributed by atoms with Gasteiger partial charge in [-0.3, -0.25) is 9.78 Å². The maximum atomic E-state index is 13.4. The van der Waals surface area contributed by atoms with Gasteiger partial charge in [-0.05, 0) is 23.8 Å². The number of fused-ring (bicyclic) bond motifs is 2. The first kappa shape index (κ1) is 14.8. The van der Waals surface area contributed by atoms with E-state index in [1.54, 1.807) is 29.3 Å². The lowest BCUT2D eigenvalue weighted by atomic mass is 9.96. The molecule has 1 unspecified atom stereocenters. The van der Waals surface area contributed by atoms with Crippen LogP contribution in [0.15, 0.2) is 55.4 Å². The standard InChI is InChI=1S/C18H15N7O/c26-18(14-4-1-5-15-21-11-23-25(14)15)24-8-6-13-16(22-10-20-13)17(24)12-3-2-7-19-9-12/h1-5,7,9-11,17H,6,8H2,(H,20,22). The number of nitrogens with one attached hydrogen (secondary N) is 1. The van der Waals surface area contributed by atoms with Crippen LogP contribution >= 0.6 is 0 Å². The van der Waals surface area contributed by atoms with Crippen molar-refractivity contribution < 1.29 is 4.79 Å². The Morgan fingerprint density at radius 1 is 1.19 bits per heavy atom. The van der Waals surface area contributed by atoms with Gasteiger partial charge in [0.1, 0.15) is 18.1 Å². The normalized spacial score (nSPS) is 16.6. The summed E-state index contributed by atoms with van der Waals surface area (Å²) in [5.74, 6) is -0.108. The van der Waals surface area contributed by atoms with Crippen LogP contribution in [0.3, 0.4) is 0 Å². The van der Waals surface area contributed by atoms with Gasteiger partial charge in [0, 0.05) is 31.1 Å². The average Bonchev–Trinajstić information content (AvgIpc) is 3.36. The van der Waals surface area contributed by atoms with E-state index in [1.807, 2.05) is 29.2 Å². The number of hydrogen-bond donors (Lipinski definition) is 1. The fourth-order valence-electron chi connectivity index (χ4n) is 3.53. The molecule has 0 aliphatic carbocycles. The van der Waals surface area contributed by atoms with Crippen LogP contribution in [-0.4, -0.2) is 46.9 Å². The van der Waals surface area contributed by atoms with Crippen LogP contribution in [0.4, 0.5) is 0 Å². The van der Waals surface area contributed by atoms with E-state index in [9.17, 15) is 4.79 Å². The Hall–Kier alpha value is -3.55. The van der Waals surface area contributed by atoms with Crippen molar-refractivity contribution >= 4 is 11.6 Å². The molecule has 0 spiro atoms. The summed E-state index contributed by atoms with van der Waals surface area (Å²) >= 11 is 0. The van der Waals surface area contributed by atoms with E-state index in [4.69, 9.17) is 0 Å². The third kappa shape index (κ3) is 2.19. The topological polar surface area (TPSA) is 92.1 Å². The number of aromatic amines is 1. The van der Waals surface area contributed by atoms with E-state index < -0.39 is 0 Å². The molecule has 1 aliphatic heterocycles. The summed E-state index contributed by atoms with van der Waals surface area (Å²) in [7, 11) is 0. The molecule has 1 atom stereocenters. The molecule has 26 heavy (non-hydrogen) atoms. The maximum Gasteiger partial charge on any atom is 0.273 e. The molecule has 1 aliphatic rings. The highest BCUT2D eigenvalue weighted by Crippen LogP contribution is 2.33. The molecule has 4 aromatic rings. The van der Waals surface area contributed by atoms with E-state index in [2.05, 4.69) is 25.0 Å². The van der Waals surface area contributed by atoms with E-state index in [0.29, 0.717) is 17.9 Å². The molecule has 1 N–H and O–H groups in total. The summed E-state index contributed by atoms with van der Waals surface area (Å²) in [5.41, 5.74) is 3.98. The van der Waals surface area contributed by atoms with Gasteiger partial charge in [-0.1, -0.05) is 12.1 Å². The number of imidazole rings is 1. The number of hydrogen-bond acceptors (Lipinski definition) is 5. The molecule has 0 radical (unpaired) electrons. The van der Waals surface area contributed by atoms with Crippen molar-refractivity contribution in [3.63, 3.8) is 0 Å². The fraction of sp³-hybridized carbons (Fsp3) is 0.167. The zero-order chi connectivity index (χ0) is 17.5. The second-order valence-corrected chi connectivity index (χ2v) is 6.14. The number of carbonyl (C=O) groups excluding carboxylic acids is 1. The number of H-pyrrole nitrogens is 1. The molecule has 0 fully saturated rings. The molecular formula is C18H15N7O. The predicted molar refractivity (Wildman–Crippen MR) is 92.4 cm³/mol. The molecule has 1 amide bonds. The highest BCUT2D eigenvalue weighted by Gasteiger charge is 2.35. The van der Waals surface area contributed by atoms with Crippen molar-refractivity contribution in [1.82, 2.24) is 34.4 Å². The molecule has 8 nitrogen and oxygen atoms in total. The lowest BCUT2D eigenvalue weighted by Gasteiger charge is -2.35. The van der Waals surface area contributed by atoms with Gasteiger partial charge in [0.2, 0.25) is 0 Å². The second kappa shape index (κ2) is 5.76. The first-order chi connectivity index (χ1) is 12.8. The molecule has 8 heteroatoms. The largest absolute Gasteiger partial charge is 0.348 e. The third-order valence-electron chi connectivity index (χ3n) is 4.71. The quantitative estimate of drug-likeness (QED) is 0.596. The van der Waals surface area contributed by atoms with E-state index >= 15 is 0 Å². The van der Waals surface area contributed by atoms with Crippen molar-refractivity contribution in [2.24, 2.45) is 0 Å². The summed E-state index contributed by atoms with van der Waals surface area (Å²) in [6, 6.07) is 8.97. The number of amides is 1. The minimum Gasteiger partial charge on any atom is -0.348 e. The number of rotatable bonds is 2. The van der Waals surface area contributed by atoms with E-state index in [1.165, 1.54) is 6.33 Å². The Bertz CT molecular complexity index is 1090. The number of nitrogens with zero attached hydrogens (tertiary/aromatic N) is 6. The van der Waals surface area contributed by atoms with Gasteiger partial charge >= 0.3 is 0 Å². The van der Waals surface area contributed by atoms with Crippen molar-refractivity contribution in [3.05, 3.63) is 78.0 Å². The van der Waals surface area contributed by atoms with Crippen LogP contribution in [0.2, 0.25) is 0 Å². The molecule has 5 rings (SSSR count). The lowest BCUT2D eigenvalue weighted by molar-refractivity contribution is 0.0681. The molecule has 128 valence electrons. The van der Waals surface area contributed by atoms with E-state index in [-0.39, 0.29) is 11.9 Å². The highest BCUT2D eigenvalue weighted by atomic mass is 16.2. The Balaban J connectivity index is 1.63.